The molecule has 0 radical (unpaired) electrons. The third-order valence-corrected chi connectivity index (χ3v) is 8.37. The topological polar surface area (TPSA) is 314 Å². The maximum absolute atomic E-state index is 13.6. The Hall–Kier alpha value is -5.05. The molecule has 1 rings (SSSR count). The van der Waals surface area contributed by atoms with Gasteiger partial charge in [-0.3, -0.25) is 40.2 Å². The lowest BCUT2D eigenvalue weighted by atomic mass is 9.96. The first-order valence-corrected chi connectivity index (χ1v) is 17.8. The average molecular weight is 770 g/mol. The summed E-state index contributed by atoms with van der Waals surface area (Å²) in [7, 11) is 0. The van der Waals surface area contributed by atoms with Crippen molar-refractivity contribution in [3.05, 3.63) is 29.8 Å². The van der Waals surface area contributed by atoms with Crippen LogP contribution in [0.15, 0.2) is 24.3 Å². The van der Waals surface area contributed by atoms with Crippen LogP contribution >= 0.6 is 0 Å². The molecule has 5 atom stereocenters. The molecule has 0 fully saturated rings. The summed E-state index contributed by atoms with van der Waals surface area (Å²) in [5, 5.41) is 61.5. The number of hydrogen-bond donors (Lipinski definition) is 10. The van der Waals surface area contributed by atoms with Crippen LogP contribution in [0, 0.1) is 11.3 Å². The number of nitrogens with two attached hydrogens (primary N) is 1. The molecule has 1 aromatic carbocycles. The summed E-state index contributed by atoms with van der Waals surface area (Å²) in [6, 6.07) is 2.69. The van der Waals surface area contributed by atoms with Crippen molar-refractivity contribution in [1.82, 2.24) is 26.2 Å². The quantitative estimate of drug-likeness (QED) is 0.0112. The van der Waals surface area contributed by atoms with Gasteiger partial charge in [0.15, 0.2) is 6.10 Å². The Morgan fingerprint density at radius 1 is 0.889 bits per heavy atom. The second-order valence-electron chi connectivity index (χ2n) is 12.6. The number of carbonyl (C=O) groups is 6. The van der Waals surface area contributed by atoms with Crippen LogP contribution in [-0.4, -0.2) is 122 Å². The zero-order chi connectivity index (χ0) is 40.6. The molecular formula is C34H55N7O13. The number of phenols is 1. The number of phenolic OH excluding ortho intramolecular Hbond substituents is 1. The van der Waals surface area contributed by atoms with Crippen LogP contribution in [0.3, 0.4) is 0 Å². The number of unbranched alkanes of at least 4 members (excludes halogenated alkanes) is 5. The number of para-hydroxylation sites is 1. The minimum Gasteiger partial charge on any atom is -0.507 e. The molecule has 20 nitrogen and oxygen atoms in total. The summed E-state index contributed by atoms with van der Waals surface area (Å²) in [5.74, 6) is -6.98. The van der Waals surface area contributed by atoms with E-state index in [0.29, 0.717) is 16.5 Å². The minimum absolute atomic E-state index is 0.0291. The lowest BCUT2D eigenvalue weighted by molar-refractivity contribution is -0.159. The van der Waals surface area contributed by atoms with E-state index in [1.54, 1.807) is 0 Å². The van der Waals surface area contributed by atoms with E-state index in [1.807, 2.05) is 0 Å². The molecular weight excluding hydrogens is 714 g/mol. The van der Waals surface area contributed by atoms with Gasteiger partial charge in [0.2, 0.25) is 18.3 Å². The SMILES string of the molecule is CCCCCCCC[C@H](OC(=O)[C@H](CCCN(O)C=O)NC(=O)[C@H](O)COC(=O)c1ccccc1O)[C@@H](C)C(=O)N[C@@H](CCCN(O)C(=N)N)C(=O)NO. The van der Waals surface area contributed by atoms with Crippen molar-refractivity contribution in [3.63, 3.8) is 0 Å². The van der Waals surface area contributed by atoms with Crippen molar-refractivity contribution in [1.29, 1.82) is 5.41 Å². The zero-order valence-electron chi connectivity index (χ0n) is 30.6. The number of ether oxygens (including phenoxy) is 2. The smallest absolute Gasteiger partial charge is 0.342 e. The summed E-state index contributed by atoms with van der Waals surface area (Å²) >= 11 is 0. The lowest BCUT2D eigenvalue weighted by Crippen LogP contribution is -2.51. The number of hydrogen-bond acceptors (Lipinski definition) is 14. The fraction of sp³-hybridized carbons (Fsp3) is 0.618. The fourth-order valence-electron chi connectivity index (χ4n) is 5.13. The summed E-state index contributed by atoms with van der Waals surface area (Å²) < 4.78 is 10.7. The predicted octanol–water partition coefficient (Wildman–Crippen LogP) is 0.676. The summed E-state index contributed by atoms with van der Waals surface area (Å²) in [5.41, 5.74) is 6.46. The second kappa shape index (κ2) is 25.8. The van der Waals surface area contributed by atoms with Gasteiger partial charge in [0.25, 0.3) is 11.8 Å². The monoisotopic (exact) mass is 769 g/mol. The number of nitrogens with zero attached hydrogens (tertiary/aromatic N) is 2. The molecule has 0 aromatic heterocycles. The maximum atomic E-state index is 13.6. The Kier molecular flexibility index (Phi) is 22.5. The third kappa shape index (κ3) is 17.6. The predicted molar refractivity (Wildman–Crippen MR) is 189 cm³/mol. The van der Waals surface area contributed by atoms with Crippen LogP contribution in [0.4, 0.5) is 0 Å². The number of esters is 2. The van der Waals surface area contributed by atoms with Crippen LogP contribution in [0.1, 0.15) is 94.8 Å². The Balaban J connectivity index is 3.16. The van der Waals surface area contributed by atoms with Crippen molar-refractivity contribution in [2.75, 3.05) is 19.7 Å². The lowest BCUT2D eigenvalue weighted by Gasteiger charge is -2.28. The summed E-state index contributed by atoms with van der Waals surface area (Å²) in [6.45, 7) is 2.28. The van der Waals surface area contributed by atoms with E-state index < -0.39 is 72.4 Å². The highest BCUT2D eigenvalue weighted by atomic mass is 16.6. The van der Waals surface area contributed by atoms with E-state index in [9.17, 15) is 54.6 Å². The molecule has 11 N–H and O–H groups in total. The molecule has 1 aromatic rings. The van der Waals surface area contributed by atoms with Crippen LogP contribution in [0.25, 0.3) is 0 Å². The average Bonchev–Trinajstić information content (AvgIpc) is 3.15. The van der Waals surface area contributed by atoms with Gasteiger partial charge in [-0.05, 0) is 50.7 Å². The van der Waals surface area contributed by atoms with E-state index in [1.165, 1.54) is 36.7 Å². The van der Waals surface area contributed by atoms with E-state index >= 15 is 0 Å². The molecule has 54 heavy (non-hydrogen) atoms. The maximum Gasteiger partial charge on any atom is 0.342 e. The molecule has 0 aliphatic heterocycles. The Bertz CT molecular complexity index is 1370. The first-order chi connectivity index (χ1) is 25.7. The number of benzene rings is 1. The summed E-state index contributed by atoms with van der Waals surface area (Å²) in [4.78, 5) is 75.6. The minimum atomic E-state index is -1.97. The fourth-order valence-corrected chi connectivity index (χ4v) is 5.13. The Labute approximate surface area is 313 Å². The van der Waals surface area contributed by atoms with Gasteiger partial charge in [-0.1, -0.05) is 58.1 Å². The Morgan fingerprint density at radius 2 is 1.50 bits per heavy atom. The standard InChI is InChI=1S/C34H55N7O13/c1-3-4-5-6-7-8-17-28(22(2)29(45)37-24(30(46)39-50)14-12-19-41(52)34(35)36)54-33(49)25(15-11-18-40(51)21-42)38-31(47)27(44)20-53-32(48)23-13-9-10-16-26(23)43/h9-10,13,16,21-22,24-25,27-28,43-44,50-52H,3-8,11-12,14-15,17-20H2,1-2H3,(H3,35,36)(H,37,45)(H,38,47)(H,39,46)/t22-,24+,25+,27-,28+/m1/s1. The van der Waals surface area contributed by atoms with Gasteiger partial charge in [-0.15, -0.1) is 0 Å². The molecule has 0 aliphatic rings. The highest BCUT2D eigenvalue weighted by Crippen LogP contribution is 2.20. The number of hydroxylamine groups is 5. The van der Waals surface area contributed by atoms with Gasteiger partial charge in [-0.25, -0.2) is 25.2 Å². The first kappa shape index (κ1) is 47.0. The highest BCUT2D eigenvalue weighted by molar-refractivity contribution is 5.93. The van der Waals surface area contributed by atoms with E-state index in [-0.39, 0.29) is 62.9 Å². The van der Waals surface area contributed by atoms with Crippen molar-refractivity contribution in [2.24, 2.45) is 11.7 Å². The number of amides is 4. The van der Waals surface area contributed by atoms with Gasteiger partial charge in [0.05, 0.1) is 5.92 Å². The molecule has 4 amide bonds. The van der Waals surface area contributed by atoms with Crippen LogP contribution in [0.2, 0.25) is 0 Å². The number of carbonyl (C=O) groups excluding carboxylic acids is 6. The second-order valence-corrected chi connectivity index (χ2v) is 12.6. The largest absolute Gasteiger partial charge is 0.507 e. The van der Waals surface area contributed by atoms with Gasteiger partial charge in [-0.2, -0.15) is 0 Å². The van der Waals surface area contributed by atoms with E-state index in [4.69, 9.17) is 20.6 Å². The zero-order valence-corrected chi connectivity index (χ0v) is 30.6. The first-order valence-electron chi connectivity index (χ1n) is 17.8. The van der Waals surface area contributed by atoms with Crippen LogP contribution in [-0.2, 0) is 33.4 Å². The number of aliphatic hydroxyl groups is 1. The van der Waals surface area contributed by atoms with E-state index in [2.05, 4.69) is 17.6 Å². The van der Waals surface area contributed by atoms with Crippen molar-refractivity contribution < 1.29 is 64.1 Å². The van der Waals surface area contributed by atoms with Gasteiger partial charge in [0.1, 0.15) is 36.1 Å². The number of aliphatic hydroxyl groups excluding tert-OH is 1. The molecule has 0 unspecified atom stereocenters. The molecule has 0 saturated heterocycles. The van der Waals surface area contributed by atoms with Crippen molar-refractivity contribution >= 4 is 42.0 Å². The molecule has 304 valence electrons. The Morgan fingerprint density at radius 3 is 2.13 bits per heavy atom. The molecule has 0 aliphatic carbocycles. The van der Waals surface area contributed by atoms with Crippen molar-refractivity contribution in [3.8, 4) is 5.75 Å². The van der Waals surface area contributed by atoms with Gasteiger partial charge >= 0.3 is 11.9 Å². The molecule has 20 heteroatoms. The number of nitrogens with one attached hydrogen (secondary N) is 4. The molecule has 0 heterocycles. The highest BCUT2D eigenvalue weighted by Gasteiger charge is 2.34. The number of guanidine groups is 1. The number of aromatic hydroxyl groups is 1. The van der Waals surface area contributed by atoms with Crippen LogP contribution in [0.5, 0.6) is 5.75 Å². The van der Waals surface area contributed by atoms with E-state index in [0.717, 1.165) is 32.1 Å². The van der Waals surface area contributed by atoms with Crippen molar-refractivity contribution in [2.45, 2.75) is 109 Å². The van der Waals surface area contributed by atoms with Crippen LogP contribution < -0.4 is 21.8 Å². The van der Waals surface area contributed by atoms with Gasteiger partial charge in [0, 0.05) is 13.1 Å². The van der Waals surface area contributed by atoms with Gasteiger partial charge < -0.3 is 36.1 Å². The normalized spacial score (nSPS) is 13.6. The number of rotatable bonds is 27. The molecule has 0 spiro atoms. The summed E-state index contributed by atoms with van der Waals surface area (Å²) in [6.07, 6.45) is 2.21. The molecule has 0 bridgehead atoms. The third-order valence-electron chi connectivity index (χ3n) is 8.37. The molecule has 0 saturated carbocycles.